The van der Waals surface area contributed by atoms with Crippen LogP contribution in [0.2, 0.25) is 0 Å². The van der Waals surface area contributed by atoms with E-state index in [1.165, 1.54) is 62.1 Å². The fourth-order valence-corrected chi connectivity index (χ4v) is 13.3. The zero-order valence-electron chi connectivity index (χ0n) is 65.4. The summed E-state index contributed by atoms with van der Waals surface area (Å²) >= 11 is 8.60. The lowest BCUT2D eigenvalue weighted by atomic mass is 10.1. The number of nitrogens with one attached hydrogen (secondary N) is 1. The molecule has 16 rings (SSSR count). The van der Waals surface area contributed by atoms with Gasteiger partial charge in [0.1, 0.15) is 58.9 Å². The molecule has 0 atom stereocenters. The zero-order valence-corrected chi connectivity index (χ0v) is 68.5. The number of hydrogen-bond acceptors (Lipinski definition) is 15. The second-order valence-corrected chi connectivity index (χ2v) is 30.7. The molecule has 0 aliphatic heterocycles. The lowest BCUT2D eigenvalue weighted by molar-refractivity contribution is 0.0691. The van der Waals surface area contributed by atoms with Crippen LogP contribution in [0.4, 0.5) is 29.2 Å². The molecule has 113 heavy (non-hydrogen) atoms. The highest BCUT2D eigenvalue weighted by Crippen LogP contribution is 2.42. The lowest BCUT2D eigenvalue weighted by Gasteiger charge is -2.28. The first-order valence-electron chi connectivity index (χ1n) is 37.5. The van der Waals surface area contributed by atoms with Crippen LogP contribution in [0.25, 0.3) is 45.8 Å². The number of pyridine rings is 2. The maximum Gasteiger partial charge on any atom is 0.338 e. The fraction of sp³-hybridized carbons (Fsp3) is 0.361. The molecule has 0 saturated heterocycles. The summed E-state index contributed by atoms with van der Waals surface area (Å²) in [6.07, 6.45) is 27.4. The molecule has 30 heteroatoms. The Morgan fingerprint density at radius 2 is 0.876 bits per heavy atom. The van der Waals surface area contributed by atoms with Gasteiger partial charge in [-0.05, 0) is 264 Å². The number of halogens is 7. The number of aromatic nitrogens is 16. The molecule has 4 saturated carbocycles. The predicted octanol–water partition coefficient (Wildman–Crippen LogP) is 19.2. The highest BCUT2D eigenvalue weighted by Gasteiger charge is 2.30. The van der Waals surface area contributed by atoms with Crippen LogP contribution in [0.3, 0.4) is 0 Å². The molecule has 0 unspecified atom stereocenters. The molecule has 0 spiro atoms. The Labute approximate surface area is 674 Å². The molecular formula is C83H94BrCl2F4N19O4. The van der Waals surface area contributed by atoms with Crippen molar-refractivity contribution in [2.75, 3.05) is 17.6 Å². The molecule has 4 aliphatic rings. The summed E-state index contributed by atoms with van der Waals surface area (Å²) in [5.41, 5.74) is 16.8. The molecule has 8 aromatic heterocycles. The van der Waals surface area contributed by atoms with E-state index in [4.69, 9.17) is 22.4 Å². The number of aryl methyl sites for hydroxylation is 4. The second-order valence-electron chi connectivity index (χ2n) is 29.5. The third-order valence-electron chi connectivity index (χ3n) is 19.5. The Bertz CT molecular complexity index is 5200. The highest BCUT2D eigenvalue weighted by atomic mass is 79.9. The molecule has 8 heterocycles. The summed E-state index contributed by atoms with van der Waals surface area (Å²) < 4.78 is 67.0. The van der Waals surface area contributed by atoms with E-state index in [0.717, 1.165) is 94.6 Å². The van der Waals surface area contributed by atoms with Crippen LogP contribution >= 0.6 is 39.9 Å². The van der Waals surface area contributed by atoms with Crippen molar-refractivity contribution >= 4 is 68.7 Å². The third kappa shape index (κ3) is 21.6. The van der Waals surface area contributed by atoms with Gasteiger partial charge in [-0.25, -0.2) is 52.3 Å². The number of amides is 1. The molecule has 4 aromatic carbocycles. The maximum atomic E-state index is 14.8. The van der Waals surface area contributed by atoms with Crippen LogP contribution in [0.5, 0.6) is 0 Å². The van der Waals surface area contributed by atoms with Crippen LogP contribution < -0.4 is 11.1 Å². The Morgan fingerprint density at radius 1 is 0.522 bits per heavy atom. The molecule has 1 amide bonds. The zero-order chi connectivity index (χ0) is 80.5. The smallest absolute Gasteiger partial charge is 0.338 e. The number of carbonyl (C=O) groups excluding carboxylic acids is 2. The van der Waals surface area contributed by atoms with E-state index in [1.54, 1.807) is 92.8 Å². The minimum absolute atomic E-state index is 0. The minimum Gasteiger partial charge on any atom is -0.478 e. The van der Waals surface area contributed by atoms with Crippen LogP contribution in [0.1, 0.15) is 226 Å². The SMILES string of the molecule is CC(C)n1cnnc1-c1cccc(N)n1.CCN(C(C)C)C(C)C.Cc1cc(F)c(Br)cc1-n1cnc(C2CC2)c1.Cc1cc(F)c(C(=O)Cl)cc1-n1cnc(C2CC2)c1.Cc1cc(F)c(C(=O)Nc2cccc(-c3nncn3C(C)C)n2)cc1-n1cnc(C2CC2)c1.Cc1cc(F)c(C(=O)O)cc1-n1cnc(C2CC2)c1.Cl. The average molecular weight is 1650 g/mol. The Hall–Kier alpha value is -10.6. The summed E-state index contributed by atoms with van der Waals surface area (Å²) in [5, 5.41) is 26.9. The quantitative estimate of drug-likeness (QED) is 0.0501. The second kappa shape index (κ2) is 37.4. The molecule has 4 aliphatic carbocycles. The Balaban J connectivity index is 0.000000149. The van der Waals surface area contributed by atoms with Gasteiger partial charge >= 0.3 is 5.97 Å². The molecule has 0 radical (unpaired) electrons. The van der Waals surface area contributed by atoms with Crippen LogP contribution in [-0.2, 0) is 0 Å². The number of aromatic carboxylic acids is 1. The van der Waals surface area contributed by atoms with Gasteiger partial charge in [0.2, 0.25) is 0 Å². The van der Waals surface area contributed by atoms with Crippen LogP contribution in [-0.4, -0.2) is 123 Å². The van der Waals surface area contributed by atoms with Crippen molar-refractivity contribution in [1.82, 2.24) is 82.6 Å². The van der Waals surface area contributed by atoms with Crippen molar-refractivity contribution in [2.24, 2.45) is 0 Å². The van der Waals surface area contributed by atoms with Crippen molar-refractivity contribution in [3.8, 4) is 45.8 Å². The summed E-state index contributed by atoms with van der Waals surface area (Å²) in [6.45, 7) is 27.8. The van der Waals surface area contributed by atoms with Gasteiger partial charge in [0.05, 0.1) is 92.0 Å². The first-order valence-corrected chi connectivity index (χ1v) is 38.6. The summed E-state index contributed by atoms with van der Waals surface area (Å²) in [7, 11) is 0. The molecular weight excluding hydrogens is 1550 g/mol. The van der Waals surface area contributed by atoms with E-state index in [9.17, 15) is 31.9 Å². The van der Waals surface area contributed by atoms with Gasteiger partial charge in [-0.3, -0.25) is 14.5 Å². The van der Waals surface area contributed by atoms with Crippen molar-refractivity contribution in [3.05, 3.63) is 237 Å². The van der Waals surface area contributed by atoms with Crippen molar-refractivity contribution in [1.29, 1.82) is 0 Å². The number of carboxylic acids is 1. The third-order valence-corrected chi connectivity index (χ3v) is 20.3. The summed E-state index contributed by atoms with van der Waals surface area (Å²) in [5.74, 6) is 0.399. The maximum absolute atomic E-state index is 14.8. The number of nitrogens with zero attached hydrogens (tertiary/aromatic N) is 17. The van der Waals surface area contributed by atoms with Gasteiger partial charge < -0.3 is 43.6 Å². The van der Waals surface area contributed by atoms with Gasteiger partial charge in [0.15, 0.2) is 11.6 Å². The van der Waals surface area contributed by atoms with E-state index in [-0.39, 0.29) is 41.0 Å². The van der Waals surface area contributed by atoms with E-state index in [2.05, 4.69) is 125 Å². The van der Waals surface area contributed by atoms with Gasteiger partial charge in [-0.2, -0.15) is 0 Å². The first-order chi connectivity index (χ1) is 53.4. The lowest BCUT2D eigenvalue weighted by Crippen LogP contribution is -2.36. The predicted molar refractivity (Wildman–Crippen MR) is 435 cm³/mol. The number of benzene rings is 4. The number of imidazole rings is 4. The van der Waals surface area contributed by atoms with Gasteiger partial charge in [0, 0.05) is 72.6 Å². The topological polar surface area (TPSA) is 271 Å². The first kappa shape index (κ1) is 84.9. The van der Waals surface area contributed by atoms with Crippen molar-refractivity contribution in [2.45, 2.75) is 189 Å². The van der Waals surface area contributed by atoms with Gasteiger partial charge in [-0.15, -0.1) is 32.8 Å². The normalized spacial score (nSPS) is 13.6. The number of nitrogen functional groups attached to an aromatic ring is 1. The number of carbonyl (C=O) groups is 3. The van der Waals surface area contributed by atoms with Gasteiger partial charge in [-0.1, -0.05) is 19.1 Å². The van der Waals surface area contributed by atoms with E-state index in [0.29, 0.717) is 86.4 Å². The molecule has 4 fully saturated rings. The number of anilines is 2. The average Bonchev–Trinajstić information content (AvgIpc) is 1.60. The van der Waals surface area contributed by atoms with Gasteiger partial charge in [0.25, 0.3) is 11.1 Å². The van der Waals surface area contributed by atoms with Crippen LogP contribution in [0.15, 0.2) is 152 Å². The standard InChI is InChI=1S/C24H24FN7O.C14H12ClFN2O.C14H13FN2O2.C13H12BrFN2.C10H13N5.C8H19N.ClH/c1-14(2)32-13-27-30-23(32)19-5-4-6-22(28-19)29-24(33)17-10-21(15(3)9-18(17)25)31-11-20(26-12-31)16-7-8-16;1-8-4-11(16)10(14(15)19)5-13(8)18-6-12(17-7-18)9-2-3-9;1-8-4-11(15)10(14(18)19)5-13(8)17-6-12(16-7-17)9-2-3-9;1-8-4-11(15)10(14)5-13(8)17-6-12(16-7-17)9-2-3-9;1-7(2)15-6-12-14-10(15)8-4-3-5-9(11)13-8;1-6-9(7(2)3)8(4)5;/h4-6,9-14,16H,7-8H2,1-3H3,(H,28,29,33);4-7,9H,2-3H2,1H3;4-7,9H,2-3H2,1H3,(H,18,19);4-7,9H,2-3H2,1H3;3-7H,1-2H3,(H2,11,13);7-8H,6H2,1-5H3;1H. The summed E-state index contributed by atoms with van der Waals surface area (Å²) in [4.78, 5) is 63.8. The van der Waals surface area contributed by atoms with E-state index >= 15 is 0 Å². The minimum atomic E-state index is -1.26. The fourth-order valence-electron chi connectivity index (χ4n) is 12.8. The monoisotopic (exact) mass is 1650 g/mol. The van der Waals surface area contributed by atoms with Crippen molar-refractivity contribution < 1.29 is 37.1 Å². The molecule has 0 bridgehead atoms. The largest absolute Gasteiger partial charge is 0.478 e. The van der Waals surface area contributed by atoms with E-state index < -0.39 is 34.6 Å². The molecule has 23 nitrogen and oxygen atoms in total. The Kier molecular flexibility index (Phi) is 28.1. The van der Waals surface area contributed by atoms with Crippen molar-refractivity contribution in [3.63, 3.8) is 0 Å². The number of carboxylic acid groups (broad SMARTS) is 1. The number of nitrogens with two attached hydrogens (primary N) is 1. The molecule has 4 N–H and O–H groups in total. The summed E-state index contributed by atoms with van der Waals surface area (Å²) in [6, 6.07) is 24.2. The number of rotatable bonds is 19. The highest BCUT2D eigenvalue weighted by molar-refractivity contribution is 9.10. The number of hydrogen-bond donors (Lipinski definition) is 3. The molecule has 12 aromatic rings. The Morgan fingerprint density at radius 3 is 1.23 bits per heavy atom. The molecule has 594 valence electrons. The van der Waals surface area contributed by atoms with Crippen LogP contribution in [0, 0.1) is 51.0 Å². The van der Waals surface area contributed by atoms with E-state index in [1.807, 2.05) is 87.5 Å².